The predicted octanol–water partition coefficient (Wildman–Crippen LogP) is 1.58. The van der Waals surface area contributed by atoms with Gasteiger partial charge in [0.2, 0.25) is 0 Å². The third-order valence-corrected chi connectivity index (χ3v) is 2.79. The molecule has 0 radical (unpaired) electrons. The van der Waals surface area contributed by atoms with E-state index in [4.69, 9.17) is 0 Å². The van der Waals surface area contributed by atoms with Crippen LogP contribution < -0.4 is 5.32 Å². The van der Waals surface area contributed by atoms with E-state index in [2.05, 4.69) is 54.6 Å². The smallest absolute Gasteiger partial charge is 0.0948 e. The van der Waals surface area contributed by atoms with E-state index in [0.29, 0.717) is 5.41 Å². The van der Waals surface area contributed by atoms with E-state index in [1.807, 2.05) is 12.5 Å². The zero-order chi connectivity index (χ0) is 12.9. The fourth-order valence-electron chi connectivity index (χ4n) is 2.22. The minimum atomic E-state index is 0.292. The minimum absolute atomic E-state index is 0.292. The number of rotatable bonds is 7. The lowest BCUT2D eigenvalue weighted by molar-refractivity contribution is 0.231. The highest BCUT2D eigenvalue weighted by molar-refractivity contribution is 4.97. The molecule has 0 spiro atoms. The van der Waals surface area contributed by atoms with Crippen LogP contribution >= 0.6 is 0 Å². The number of hydrogen-bond acceptors (Lipinski definition) is 3. The Labute approximate surface area is 105 Å². The molecule has 0 aliphatic rings. The molecular formula is C13H26N4. The molecule has 1 heterocycles. The van der Waals surface area contributed by atoms with Gasteiger partial charge in [0.05, 0.1) is 12.0 Å². The van der Waals surface area contributed by atoms with Crippen molar-refractivity contribution in [3.8, 4) is 0 Å². The highest BCUT2D eigenvalue weighted by Gasteiger charge is 2.18. The van der Waals surface area contributed by atoms with Crippen LogP contribution in [0.1, 0.15) is 26.5 Å². The molecule has 4 nitrogen and oxygen atoms in total. The van der Waals surface area contributed by atoms with Gasteiger partial charge >= 0.3 is 0 Å². The van der Waals surface area contributed by atoms with Crippen molar-refractivity contribution in [2.24, 2.45) is 5.41 Å². The maximum absolute atomic E-state index is 4.17. The third kappa shape index (κ3) is 4.88. The monoisotopic (exact) mass is 238 g/mol. The fraction of sp³-hybridized carbons (Fsp3) is 0.769. The van der Waals surface area contributed by atoms with E-state index in [0.717, 1.165) is 26.2 Å². The summed E-state index contributed by atoms with van der Waals surface area (Å²) in [5.41, 5.74) is 1.55. The maximum Gasteiger partial charge on any atom is 0.0948 e. The highest BCUT2D eigenvalue weighted by atomic mass is 15.1. The van der Waals surface area contributed by atoms with E-state index in [1.54, 1.807) is 0 Å². The summed E-state index contributed by atoms with van der Waals surface area (Å²) in [6.45, 7) is 10.7. The first kappa shape index (κ1) is 14.2. The highest BCUT2D eigenvalue weighted by Crippen LogP contribution is 2.14. The van der Waals surface area contributed by atoms with Crippen molar-refractivity contribution in [2.45, 2.75) is 33.9 Å². The molecule has 4 heteroatoms. The van der Waals surface area contributed by atoms with E-state index in [-0.39, 0.29) is 0 Å². The summed E-state index contributed by atoms with van der Waals surface area (Å²) in [6.07, 6.45) is 3.83. The topological polar surface area (TPSA) is 33.1 Å². The van der Waals surface area contributed by atoms with Gasteiger partial charge in [-0.05, 0) is 26.4 Å². The second-order valence-corrected chi connectivity index (χ2v) is 5.68. The maximum atomic E-state index is 4.17. The lowest BCUT2D eigenvalue weighted by Crippen LogP contribution is -2.37. The molecule has 1 aromatic rings. The Morgan fingerprint density at radius 1 is 1.41 bits per heavy atom. The normalized spacial score (nSPS) is 12.4. The van der Waals surface area contributed by atoms with Gasteiger partial charge in [0.25, 0.3) is 0 Å². The van der Waals surface area contributed by atoms with Gasteiger partial charge in [-0.2, -0.15) is 0 Å². The molecule has 1 N–H and O–H groups in total. The molecule has 0 unspecified atom stereocenters. The summed E-state index contributed by atoms with van der Waals surface area (Å²) in [6, 6.07) is 0. The van der Waals surface area contributed by atoms with Crippen molar-refractivity contribution in [1.29, 1.82) is 0 Å². The van der Waals surface area contributed by atoms with Gasteiger partial charge in [0, 0.05) is 32.4 Å². The first-order chi connectivity index (χ1) is 7.94. The number of imidazole rings is 1. The first-order valence-corrected chi connectivity index (χ1v) is 6.29. The van der Waals surface area contributed by atoms with E-state index >= 15 is 0 Å². The number of aromatic nitrogens is 2. The van der Waals surface area contributed by atoms with Gasteiger partial charge in [0.15, 0.2) is 0 Å². The summed E-state index contributed by atoms with van der Waals surface area (Å²) < 4.78 is 2.17. The van der Waals surface area contributed by atoms with Crippen LogP contribution in [0.2, 0.25) is 0 Å². The zero-order valence-electron chi connectivity index (χ0n) is 11.8. The Kier molecular flexibility index (Phi) is 5.15. The standard InChI is InChI=1S/C13H26N4/c1-6-17-11-15-8-12(17)7-14-9-13(2,3)10-16(4)5/h8,11,14H,6-7,9-10H2,1-5H3. The number of hydrogen-bond donors (Lipinski definition) is 1. The Hall–Kier alpha value is -0.870. The third-order valence-electron chi connectivity index (χ3n) is 2.79. The van der Waals surface area contributed by atoms with Gasteiger partial charge < -0.3 is 14.8 Å². The molecule has 0 aromatic carbocycles. The molecule has 0 fully saturated rings. The first-order valence-electron chi connectivity index (χ1n) is 6.29. The SMILES string of the molecule is CCn1cncc1CNCC(C)(C)CN(C)C. The van der Waals surface area contributed by atoms with Crippen molar-refractivity contribution in [3.63, 3.8) is 0 Å². The van der Waals surface area contributed by atoms with Crippen LogP contribution in [-0.4, -0.2) is 41.6 Å². The molecule has 0 saturated heterocycles. The average Bonchev–Trinajstić information content (AvgIpc) is 2.62. The van der Waals surface area contributed by atoms with Gasteiger partial charge in [0.1, 0.15) is 0 Å². The van der Waals surface area contributed by atoms with Crippen molar-refractivity contribution >= 4 is 0 Å². The molecule has 0 amide bonds. The van der Waals surface area contributed by atoms with Crippen LogP contribution in [0, 0.1) is 5.41 Å². The Balaban J connectivity index is 2.37. The Bertz CT molecular complexity index is 328. The summed E-state index contributed by atoms with van der Waals surface area (Å²) in [5.74, 6) is 0. The largest absolute Gasteiger partial charge is 0.334 e. The summed E-state index contributed by atoms with van der Waals surface area (Å²) in [4.78, 5) is 6.41. The number of nitrogens with one attached hydrogen (secondary N) is 1. The van der Waals surface area contributed by atoms with Gasteiger partial charge in [-0.15, -0.1) is 0 Å². The molecule has 0 bridgehead atoms. The van der Waals surface area contributed by atoms with Crippen molar-refractivity contribution in [1.82, 2.24) is 19.8 Å². The minimum Gasteiger partial charge on any atom is -0.334 e. The number of aryl methyl sites for hydroxylation is 1. The van der Waals surface area contributed by atoms with E-state index in [9.17, 15) is 0 Å². The van der Waals surface area contributed by atoms with Gasteiger partial charge in [-0.3, -0.25) is 0 Å². The average molecular weight is 238 g/mol. The van der Waals surface area contributed by atoms with Crippen LogP contribution in [0.15, 0.2) is 12.5 Å². The molecule has 1 aromatic heterocycles. The number of nitrogens with zero attached hydrogens (tertiary/aromatic N) is 3. The molecule has 0 saturated carbocycles. The predicted molar refractivity (Wildman–Crippen MR) is 71.9 cm³/mol. The van der Waals surface area contributed by atoms with Crippen molar-refractivity contribution < 1.29 is 0 Å². The Morgan fingerprint density at radius 2 is 2.12 bits per heavy atom. The zero-order valence-corrected chi connectivity index (χ0v) is 11.8. The van der Waals surface area contributed by atoms with Crippen LogP contribution in [0.3, 0.4) is 0 Å². The van der Waals surface area contributed by atoms with Gasteiger partial charge in [-0.1, -0.05) is 13.8 Å². The molecule has 17 heavy (non-hydrogen) atoms. The van der Waals surface area contributed by atoms with E-state index in [1.165, 1.54) is 5.69 Å². The molecule has 0 aliphatic carbocycles. The quantitative estimate of drug-likeness (QED) is 0.783. The summed E-state index contributed by atoms with van der Waals surface area (Å²) in [7, 11) is 4.24. The van der Waals surface area contributed by atoms with Crippen molar-refractivity contribution in [3.05, 3.63) is 18.2 Å². The fourth-order valence-corrected chi connectivity index (χ4v) is 2.22. The molecular weight excluding hydrogens is 212 g/mol. The van der Waals surface area contributed by atoms with Gasteiger partial charge in [-0.25, -0.2) is 4.98 Å². The van der Waals surface area contributed by atoms with Crippen LogP contribution in [0.5, 0.6) is 0 Å². The van der Waals surface area contributed by atoms with E-state index < -0.39 is 0 Å². The molecule has 0 atom stereocenters. The molecule has 1 rings (SSSR count). The lowest BCUT2D eigenvalue weighted by Gasteiger charge is -2.28. The Morgan fingerprint density at radius 3 is 2.71 bits per heavy atom. The second kappa shape index (κ2) is 6.17. The molecule has 0 aliphatic heterocycles. The second-order valence-electron chi connectivity index (χ2n) is 5.68. The summed E-state index contributed by atoms with van der Waals surface area (Å²) >= 11 is 0. The lowest BCUT2D eigenvalue weighted by atomic mass is 9.93. The van der Waals surface area contributed by atoms with Crippen LogP contribution in [0.25, 0.3) is 0 Å². The molecule has 98 valence electrons. The summed E-state index contributed by atoms with van der Waals surface area (Å²) in [5, 5.41) is 3.52. The van der Waals surface area contributed by atoms with Crippen LogP contribution in [-0.2, 0) is 13.1 Å². The van der Waals surface area contributed by atoms with Crippen LogP contribution in [0.4, 0.5) is 0 Å². The van der Waals surface area contributed by atoms with Crippen molar-refractivity contribution in [2.75, 3.05) is 27.2 Å².